The van der Waals surface area contributed by atoms with Crippen LogP contribution < -0.4 is 5.32 Å². The van der Waals surface area contributed by atoms with Crippen LogP contribution in [-0.2, 0) is 24.3 Å². The Hall–Kier alpha value is -3.04. The molecule has 0 radical (unpaired) electrons. The third kappa shape index (κ3) is 6.24. The van der Waals surface area contributed by atoms with Crippen molar-refractivity contribution in [2.45, 2.75) is 121 Å². The average molecular weight is 704 g/mol. The van der Waals surface area contributed by atoms with Crippen molar-refractivity contribution < 1.29 is 4.74 Å². The van der Waals surface area contributed by atoms with E-state index in [0.717, 1.165) is 36.4 Å². The van der Waals surface area contributed by atoms with Gasteiger partial charge in [0.05, 0.1) is 33.8 Å². The second-order valence-corrected chi connectivity index (χ2v) is 23.8. The normalized spacial score (nSPS) is 20.6. The second kappa shape index (κ2) is 13.2. The highest BCUT2D eigenvalue weighted by Crippen LogP contribution is 2.54. The van der Waals surface area contributed by atoms with Crippen LogP contribution in [0.25, 0.3) is 43.2 Å². The number of aromatic nitrogens is 4. The van der Waals surface area contributed by atoms with Gasteiger partial charge in [0.15, 0.2) is 0 Å². The Morgan fingerprint density at radius 2 is 1.68 bits per heavy atom. The SMILES string of the molecule is C[Si](C)(C)CCOCn1c(-c2ccc(-c3ccc(-c4ccc5nc([C@@H]6CCCN6)[nH]c5c4)c4c3CC3(CCCC3)C4)s2)cnc1C1CCCC1. The summed E-state index contributed by atoms with van der Waals surface area (Å²) < 4.78 is 8.80. The lowest BCUT2D eigenvalue weighted by atomic mass is 9.83. The molecule has 262 valence electrons. The van der Waals surface area contributed by atoms with Gasteiger partial charge >= 0.3 is 0 Å². The Balaban J connectivity index is 1.05. The topological polar surface area (TPSA) is 67.8 Å². The molecule has 8 heteroatoms. The monoisotopic (exact) mass is 703 g/mol. The number of nitrogens with one attached hydrogen (secondary N) is 2. The van der Waals surface area contributed by atoms with Crippen molar-refractivity contribution in [2.75, 3.05) is 13.2 Å². The summed E-state index contributed by atoms with van der Waals surface area (Å²) in [5.41, 5.74) is 11.2. The number of H-pyrrole nitrogens is 1. The summed E-state index contributed by atoms with van der Waals surface area (Å²) in [4.78, 5) is 16.4. The molecule has 1 saturated heterocycles. The summed E-state index contributed by atoms with van der Waals surface area (Å²) >= 11 is 1.94. The minimum Gasteiger partial charge on any atom is -0.361 e. The lowest BCUT2D eigenvalue weighted by molar-refractivity contribution is 0.0854. The molecule has 3 aliphatic carbocycles. The minimum atomic E-state index is -1.15. The molecule has 1 spiro atoms. The van der Waals surface area contributed by atoms with Gasteiger partial charge < -0.3 is 19.6 Å². The molecular weight excluding hydrogens is 651 g/mol. The van der Waals surface area contributed by atoms with E-state index in [0.29, 0.717) is 24.1 Å². The van der Waals surface area contributed by atoms with Crippen molar-refractivity contribution in [3.8, 4) is 32.1 Å². The van der Waals surface area contributed by atoms with E-state index in [2.05, 4.69) is 83.2 Å². The number of hydrogen-bond acceptors (Lipinski definition) is 5. The molecule has 0 bridgehead atoms. The van der Waals surface area contributed by atoms with Crippen LogP contribution in [0.4, 0.5) is 0 Å². The van der Waals surface area contributed by atoms with E-state index in [1.165, 1.54) is 115 Å². The van der Waals surface area contributed by atoms with Crippen molar-refractivity contribution in [3.05, 3.63) is 71.4 Å². The molecule has 0 amide bonds. The fraction of sp³-hybridized carbons (Fsp3) is 0.524. The van der Waals surface area contributed by atoms with Crippen LogP contribution in [0.2, 0.25) is 25.7 Å². The lowest BCUT2D eigenvalue weighted by Crippen LogP contribution is -2.22. The number of imidazole rings is 2. The number of aromatic amines is 1. The third-order valence-corrected chi connectivity index (χ3v) is 15.2. The second-order valence-electron chi connectivity index (χ2n) is 17.1. The highest BCUT2D eigenvalue weighted by atomic mass is 32.1. The van der Waals surface area contributed by atoms with Gasteiger partial charge in [0.1, 0.15) is 18.4 Å². The van der Waals surface area contributed by atoms with Gasteiger partial charge in [0.25, 0.3) is 0 Å². The average Bonchev–Trinajstić information content (AvgIpc) is 3.94. The predicted molar refractivity (Wildman–Crippen MR) is 210 cm³/mol. The van der Waals surface area contributed by atoms with Gasteiger partial charge in [-0.2, -0.15) is 0 Å². The highest BCUT2D eigenvalue weighted by Gasteiger charge is 2.42. The van der Waals surface area contributed by atoms with E-state index in [4.69, 9.17) is 14.7 Å². The first-order chi connectivity index (χ1) is 24.3. The molecule has 2 saturated carbocycles. The van der Waals surface area contributed by atoms with Gasteiger partial charge in [-0.25, -0.2) is 9.97 Å². The zero-order chi connectivity index (χ0) is 33.9. The Kier molecular flexibility index (Phi) is 8.65. The summed E-state index contributed by atoms with van der Waals surface area (Å²) in [6, 6.07) is 18.0. The molecule has 4 heterocycles. The minimum absolute atomic E-state index is 0.350. The summed E-state index contributed by atoms with van der Waals surface area (Å²) in [5, 5.41) is 3.61. The number of nitrogens with zero attached hydrogens (tertiary/aromatic N) is 3. The van der Waals surface area contributed by atoms with Crippen molar-refractivity contribution in [1.29, 1.82) is 0 Å². The summed E-state index contributed by atoms with van der Waals surface area (Å²) in [7, 11) is -1.15. The molecule has 4 aliphatic rings. The summed E-state index contributed by atoms with van der Waals surface area (Å²) in [6.07, 6.45) is 17.5. The van der Waals surface area contributed by atoms with E-state index >= 15 is 0 Å². The highest BCUT2D eigenvalue weighted by molar-refractivity contribution is 7.18. The Morgan fingerprint density at radius 3 is 2.46 bits per heavy atom. The van der Waals surface area contributed by atoms with Crippen molar-refractivity contribution >= 4 is 30.4 Å². The molecule has 3 aromatic heterocycles. The molecule has 0 unspecified atom stereocenters. The Labute approximate surface area is 302 Å². The van der Waals surface area contributed by atoms with E-state index < -0.39 is 8.07 Å². The number of rotatable bonds is 10. The van der Waals surface area contributed by atoms with Crippen LogP contribution in [0.15, 0.2) is 48.7 Å². The van der Waals surface area contributed by atoms with Gasteiger partial charge in [-0.3, -0.25) is 0 Å². The molecule has 2 aromatic carbocycles. The molecule has 50 heavy (non-hydrogen) atoms. The maximum Gasteiger partial charge on any atom is 0.124 e. The molecule has 5 aromatic rings. The zero-order valence-corrected chi connectivity index (χ0v) is 32.1. The summed E-state index contributed by atoms with van der Waals surface area (Å²) in [6.45, 7) is 9.80. The van der Waals surface area contributed by atoms with Crippen LogP contribution in [0.3, 0.4) is 0 Å². The number of hydrogen-bond donors (Lipinski definition) is 2. The molecule has 1 atom stereocenters. The van der Waals surface area contributed by atoms with Crippen molar-refractivity contribution in [1.82, 2.24) is 24.8 Å². The number of thiophene rings is 1. The molecule has 1 aliphatic heterocycles. The first-order valence-electron chi connectivity index (χ1n) is 19.4. The predicted octanol–water partition coefficient (Wildman–Crippen LogP) is 10.9. The standard InChI is InChI=1S/C42H53N5OSSi/c1-50(2,3)22-21-48-27-47-37(26-44-41(47)28-9-4-5-10-28)39-17-16-38(49-39)31-14-13-30(32-24-42(25-33(31)32)18-6-7-19-42)29-12-15-34-36(23-29)46-40(45-34)35-11-8-20-43-35/h12-17,23,26,28,35,43H,4-11,18-22,24-25,27H2,1-3H3,(H,45,46)/t35-/m0/s1. The first-order valence-corrected chi connectivity index (χ1v) is 24.0. The largest absolute Gasteiger partial charge is 0.361 e. The molecule has 2 N–H and O–H groups in total. The van der Waals surface area contributed by atoms with Gasteiger partial charge in [0, 0.05) is 25.5 Å². The summed E-state index contributed by atoms with van der Waals surface area (Å²) in [5.74, 6) is 2.87. The smallest absolute Gasteiger partial charge is 0.124 e. The first kappa shape index (κ1) is 32.8. The van der Waals surface area contributed by atoms with Crippen LogP contribution in [0.1, 0.15) is 98.9 Å². The van der Waals surface area contributed by atoms with E-state index in [1.54, 1.807) is 11.1 Å². The van der Waals surface area contributed by atoms with E-state index in [9.17, 15) is 0 Å². The molecule has 3 fully saturated rings. The maximum atomic E-state index is 6.38. The molecule has 9 rings (SSSR count). The van der Waals surface area contributed by atoms with Crippen molar-refractivity contribution in [3.63, 3.8) is 0 Å². The third-order valence-electron chi connectivity index (χ3n) is 12.3. The van der Waals surface area contributed by atoms with E-state index in [-0.39, 0.29) is 0 Å². The van der Waals surface area contributed by atoms with E-state index in [1.807, 2.05) is 11.3 Å². The quantitative estimate of drug-likeness (QED) is 0.112. The van der Waals surface area contributed by atoms with Crippen LogP contribution >= 0.6 is 11.3 Å². The van der Waals surface area contributed by atoms with Crippen molar-refractivity contribution in [2.24, 2.45) is 5.41 Å². The Bertz CT molecular complexity index is 2000. The Morgan fingerprint density at radius 1 is 0.900 bits per heavy atom. The number of ether oxygens (including phenoxy) is 1. The van der Waals surface area contributed by atoms with Crippen LogP contribution in [0.5, 0.6) is 0 Å². The van der Waals surface area contributed by atoms with Gasteiger partial charge in [0.2, 0.25) is 0 Å². The molecular formula is C42H53N5OSSi. The van der Waals surface area contributed by atoms with Gasteiger partial charge in [-0.05, 0) is 121 Å². The van der Waals surface area contributed by atoms with Crippen LogP contribution in [-0.4, -0.2) is 40.7 Å². The zero-order valence-electron chi connectivity index (χ0n) is 30.2. The molecule has 6 nitrogen and oxygen atoms in total. The number of fused-ring (bicyclic) bond motifs is 2. The number of benzene rings is 2. The lowest BCUT2D eigenvalue weighted by Gasteiger charge is -2.22. The fourth-order valence-corrected chi connectivity index (χ4v) is 11.4. The maximum absolute atomic E-state index is 6.38. The van der Waals surface area contributed by atoms with Crippen LogP contribution in [0, 0.1) is 5.41 Å². The fourth-order valence-electron chi connectivity index (χ4n) is 9.56. The van der Waals surface area contributed by atoms with Gasteiger partial charge in [-0.15, -0.1) is 11.3 Å². The van der Waals surface area contributed by atoms with Gasteiger partial charge in [-0.1, -0.05) is 63.5 Å².